The molecule has 0 atom stereocenters. The van der Waals surface area contributed by atoms with Crippen LogP contribution in [-0.4, -0.2) is 41.0 Å². The summed E-state index contributed by atoms with van der Waals surface area (Å²) in [6, 6.07) is 6.74. The van der Waals surface area contributed by atoms with Gasteiger partial charge in [0.05, 0.1) is 20.4 Å². The number of esters is 1. The molecule has 7 nitrogen and oxygen atoms in total. The molecule has 2 rings (SSSR count). The van der Waals surface area contributed by atoms with Crippen LogP contribution in [0.4, 0.5) is 0 Å². The van der Waals surface area contributed by atoms with Gasteiger partial charge in [-0.1, -0.05) is 5.21 Å². The van der Waals surface area contributed by atoms with Crippen LogP contribution in [0, 0.1) is 0 Å². The van der Waals surface area contributed by atoms with Crippen molar-refractivity contribution >= 4 is 11.8 Å². The minimum Gasteiger partial charge on any atom is -0.497 e. The molecular formula is C13H13N3O4. The molecule has 2 aromatic rings. The fourth-order valence-electron chi connectivity index (χ4n) is 1.59. The van der Waals surface area contributed by atoms with Crippen molar-refractivity contribution in [3.8, 4) is 5.75 Å². The van der Waals surface area contributed by atoms with Crippen molar-refractivity contribution in [2.24, 2.45) is 0 Å². The Morgan fingerprint density at radius 2 is 1.90 bits per heavy atom. The highest BCUT2D eigenvalue weighted by Gasteiger charge is 2.13. The van der Waals surface area contributed by atoms with Gasteiger partial charge in [0.15, 0.2) is 11.5 Å². The second-order valence-corrected chi connectivity index (χ2v) is 3.94. The highest BCUT2D eigenvalue weighted by atomic mass is 16.5. The van der Waals surface area contributed by atoms with Crippen molar-refractivity contribution < 1.29 is 19.1 Å². The summed E-state index contributed by atoms with van der Waals surface area (Å²) in [5, 5.41) is 7.33. The van der Waals surface area contributed by atoms with Gasteiger partial charge in [0.25, 0.3) is 0 Å². The highest BCUT2D eigenvalue weighted by Crippen LogP contribution is 2.12. The number of carbonyl (C=O) groups excluding carboxylic acids is 2. The summed E-state index contributed by atoms with van der Waals surface area (Å²) < 4.78 is 10.8. The molecule has 1 aromatic carbocycles. The molecular weight excluding hydrogens is 262 g/mol. The van der Waals surface area contributed by atoms with E-state index in [-0.39, 0.29) is 18.0 Å². The summed E-state index contributed by atoms with van der Waals surface area (Å²) in [5.74, 6) is -0.0580. The number of hydrogen-bond acceptors (Lipinski definition) is 6. The molecule has 0 spiro atoms. The first kappa shape index (κ1) is 13.7. The molecule has 0 aliphatic heterocycles. The Balaban J connectivity index is 2.07. The topological polar surface area (TPSA) is 83.3 Å². The van der Waals surface area contributed by atoms with E-state index in [1.54, 1.807) is 31.4 Å². The predicted molar refractivity (Wildman–Crippen MR) is 68.7 cm³/mol. The predicted octanol–water partition coefficient (Wildman–Crippen LogP) is 0.956. The smallest absolute Gasteiger partial charge is 0.360 e. The molecule has 0 unspecified atom stereocenters. The Bertz CT molecular complexity index is 619. The Morgan fingerprint density at radius 1 is 1.20 bits per heavy atom. The van der Waals surface area contributed by atoms with Crippen LogP contribution in [0.2, 0.25) is 0 Å². The first-order chi connectivity index (χ1) is 9.63. The molecule has 0 aliphatic rings. The van der Waals surface area contributed by atoms with E-state index in [4.69, 9.17) is 4.74 Å². The van der Waals surface area contributed by atoms with E-state index in [1.807, 2.05) is 0 Å². The molecule has 0 fully saturated rings. The van der Waals surface area contributed by atoms with Crippen LogP contribution in [0.15, 0.2) is 30.5 Å². The van der Waals surface area contributed by atoms with Gasteiger partial charge in [-0.05, 0) is 24.3 Å². The van der Waals surface area contributed by atoms with Gasteiger partial charge in [0, 0.05) is 5.56 Å². The Kier molecular flexibility index (Phi) is 4.09. The Morgan fingerprint density at radius 3 is 2.50 bits per heavy atom. The third kappa shape index (κ3) is 3.00. The number of benzene rings is 1. The number of methoxy groups -OCH3 is 2. The molecule has 0 saturated carbocycles. The van der Waals surface area contributed by atoms with E-state index in [2.05, 4.69) is 15.0 Å². The molecule has 0 aliphatic carbocycles. The average molecular weight is 275 g/mol. The second-order valence-electron chi connectivity index (χ2n) is 3.94. The first-order valence-corrected chi connectivity index (χ1v) is 5.79. The van der Waals surface area contributed by atoms with Crippen molar-refractivity contribution in [2.45, 2.75) is 6.54 Å². The van der Waals surface area contributed by atoms with Gasteiger partial charge in [-0.25, -0.2) is 9.48 Å². The largest absolute Gasteiger partial charge is 0.497 e. The maximum Gasteiger partial charge on any atom is 0.360 e. The number of hydrogen-bond donors (Lipinski definition) is 0. The number of rotatable bonds is 5. The van der Waals surface area contributed by atoms with Crippen LogP contribution in [0.25, 0.3) is 0 Å². The van der Waals surface area contributed by atoms with E-state index in [1.165, 1.54) is 18.0 Å². The summed E-state index contributed by atoms with van der Waals surface area (Å²) in [7, 11) is 2.81. The van der Waals surface area contributed by atoms with Gasteiger partial charge in [-0.15, -0.1) is 5.10 Å². The standard InChI is InChI=1S/C13H13N3O4/c1-19-10-5-3-9(4-6-10)12(17)8-16-7-11(14-15-16)13(18)20-2/h3-7H,8H2,1-2H3. The molecule has 0 radical (unpaired) electrons. The normalized spacial score (nSPS) is 10.1. The van der Waals surface area contributed by atoms with Crippen molar-refractivity contribution in [1.29, 1.82) is 0 Å². The monoisotopic (exact) mass is 275 g/mol. The number of aromatic nitrogens is 3. The van der Waals surface area contributed by atoms with Crippen LogP contribution < -0.4 is 4.74 Å². The summed E-state index contributed by atoms with van der Waals surface area (Å²) in [6.07, 6.45) is 1.37. The quantitative estimate of drug-likeness (QED) is 0.597. The van der Waals surface area contributed by atoms with Gasteiger partial charge in [0.2, 0.25) is 0 Å². The average Bonchev–Trinajstić information content (AvgIpc) is 2.95. The van der Waals surface area contributed by atoms with E-state index >= 15 is 0 Å². The van der Waals surface area contributed by atoms with Crippen LogP contribution in [0.3, 0.4) is 0 Å². The summed E-state index contributed by atoms with van der Waals surface area (Å²) in [5.41, 5.74) is 0.593. The van der Waals surface area contributed by atoms with E-state index in [0.29, 0.717) is 11.3 Å². The van der Waals surface area contributed by atoms with Gasteiger partial charge in [-0.2, -0.15) is 0 Å². The minimum absolute atomic E-state index is 0.00365. The van der Waals surface area contributed by atoms with Gasteiger partial charge in [-0.3, -0.25) is 4.79 Å². The number of carbonyl (C=O) groups is 2. The fourth-order valence-corrected chi connectivity index (χ4v) is 1.59. The zero-order chi connectivity index (χ0) is 14.5. The third-order valence-electron chi connectivity index (χ3n) is 2.65. The lowest BCUT2D eigenvalue weighted by Gasteiger charge is -2.02. The molecule has 7 heteroatoms. The van der Waals surface area contributed by atoms with Crippen LogP contribution in [0.1, 0.15) is 20.8 Å². The van der Waals surface area contributed by atoms with Crippen LogP contribution in [-0.2, 0) is 11.3 Å². The van der Waals surface area contributed by atoms with E-state index < -0.39 is 5.97 Å². The van der Waals surface area contributed by atoms with Crippen molar-refractivity contribution in [2.75, 3.05) is 14.2 Å². The minimum atomic E-state index is -0.590. The zero-order valence-corrected chi connectivity index (χ0v) is 11.1. The van der Waals surface area contributed by atoms with Crippen LogP contribution in [0.5, 0.6) is 5.75 Å². The van der Waals surface area contributed by atoms with Crippen molar-refractivity contribution in [3.63, 3.8) is 0 Å². The van der Waals surface area contributed by atoms with E-state index in [0.717, 1.165) is 0 Å². The lowest BCUT2D eigenvalue weighted by atomic mass is 10.1. The molecule has 0 N–H and O–H groups in total. The SMILES string of the molecule is COC(=O)c1cn(CC(=O)c2ccc(OC)cc2)nn1. The van der Waals surface area contributed by atoms with Crippen molar-refractivity contribution in [3.05, 3.63) is 41.7 Å². The number of Topliss-reactive ketones (excluding diaryl/α,β-unsaturated/α-hetero) is 1. The summed E-state index contributed by atoms with van der Waals surface area (Å²) >= 11 is 0. The number of ketones is 1. The molecule has 1 aromatic heterocycles. The number of nitrogens with zero attached hydrogens (tertiary/aromatic N) is 3. The molecule has 0 saturated heterocycles. The van der Waals surface area contributed by atoms with Gasteiger partial charge < -0.3 is 9.47 Å². The number of ether oxygens (including phenoxy) is 2. The van der Waals surface area contributed by atoms with Gasteiger partial charge in [0.1, 0.15) is 12.3 Å². The van der Waals surface area contributed by atoms with E-state index in [9.17, 15) is 9.59 Å². The van der Waals surface area contributed by atoms with Crippen LogP contribution >= 0.6 is 0 Å². The Hall–Kier alpha value is -2.70. The second kappa shape index (κ2) is 5.96. The molecule has 0 bridgehead atoms. The molecule has 1 heterocycles. The summed E-state index contributed by atoms with van der Waals surface area (Å²) in [4.78, 5) is 23.2. The lowest BCUT2D eigenvalue weighted by Crippen LogP contribution is -2.11. The molecule has 104 valence electrons. The molecule has 20 heavy (non-hydrogen) atoms. The lowest BCUT2D eigenvalue weighted by molar-refractivity contribution is 0.0593. The maximum absolute atomic E-state index is 12.0. The zero-order valence-electron chi connectivity index (χ0n) is 11.1. The fraction of sp³-hybridized carbons (Fsp3) is 0.231. The highest BCUT2D eigenvalue weighted by molar-refractivity contribution is 5.96. The van der Waals surface area contributed by atoms with Gasteiger partial charge >= 0.3 is 5.97 Å². The maximum atomic E-state index is 12.0. The third-order valence-corrected chi connectivity index (χ3v) is 2.65. The summed E-state index contributed by atoms with van der Waals surface area (Å²) in [6.45, 7) is -0.00365. The first-order valence-electron chi connectivity index (χ1n) is 5.79. The molecule has 0 amide bonds. The van der Waals surface area contributed by atoms with Crippen molar-refractivity contribution in [1.82, 2.24) is 15.0 Å². The Labute approximate surface area is 115 Å².